The Labute approximate surface area is 109 Å². The van der Waals surface area contributed by atoms with Crippen molar-refractivity contribution in [3.05, 3.63) is 34.6 Å². The molecule has 0 fully saturated rings. The maximum Gasteiger partial charge on any atom is 0.255 e. The number of benzene rings is 1. The van der Waals surface area contributed by atoms with E-state index >= 15 is 0 Å². The summed E-state index contributed by atoms with van der Waals surface area (Å²) in [5.74, 6) is -0.761. The van der Waals surface area contributed by atoms with E-state index in [-0.39, 0.29) is 16.5 Å². The van der Waals surface area contributed by atoms with Crippen molar-refractivity contribution in [3.8, 4) is 0 Å². The molecule has 0 atom stereocenters. The predicted octanol–water partition coefficient (Wildman–Crippen LogP) is 2.23. The van der Waals surface area contributed by atoms with E-state index in [1.165, 1.54) is 17.0 Å². The van der Waals surface area contributed by atoms with Gasteiger partial charge in [-0.05, 0) is 18.2 Å². The molecule has 0 aliphatic carbocycles. The lowest BCUT2D eigenvalue weighted by atomic mass is 10.2. The molecular weight excluding hydrogens is 263 g/mol. The van der Waals surface area contributed by atoms with Crippen LogP contribution >= 0.6 is 23.8 Å². The van der Waals surface area contributed by atoms with Crippen LogP contribution in [0.15, 0.2) is 18.2 Å². The van der Waals surface area contributed by atoms with E-state index in [9.17, 15) is 9.18 Å². The number of nitrogens with zero attached hydrogens (tertiary/aromatic N) is 1. The van der Waals surface area contributed by atoms with Crippen molar-refractivity contribution in [2.45, 2.75) is 6.42 Å². The molecule has 0 aliphatic rings. The summed E-state index contributed by atoms with van der Waals surface area (Å²) in [6.45, 7) is 0.405. The summed E-state index contributed by atoms with van der Waals surface area (Å²) < 4.78 is 12.8. The van der Waals surface area contributed by atoms with Gasteiger partial charge in [0.2, 0.25) is 0 Å². The Morgan fingerprint density at radius 2 is 2.24 bits per heavy atom. The summed E-state index contributed by atoms with van der Waals surface area (Å²) >= 11 is 10.5. The third kappa shape index (κ3) is 3.94. The minimum Gasteiger partial charge on any atom is -0.393 e. The zero-order chi connectivity index (χ0) is 13.0. The van der Waals surface area contributed by atoms with Crippen LogP contribution in [0, 0.1) is 5.82 Å². The summed E-state index contributed by atoms with van der Waals surface area (Å²) in [7, 11) is 1.61. The topological polar surface area (TPSA) is 46.3 Å². The van der Waals surface area contributed by atoms with Crippen molar-refractivity contribution in [1.82, 2.24) is 4.90 Å². The number of carbonyl (C=O) groups is 1. The van der Waals surface area contributed by atoms with Gasteiger partial charge in [-0.1, -0.05) is 23.8 Å². The summed E-state index contributed by atoms with van der Waals surface area (Å²) in [4.78, 5) is 13.7. The summed E-state index contributed by atoms with van der Waals surface area (Å²) in [5, 5.41) is 0.0946. The van der Waals surface area contributed by atoms with Crippen LogP contribution < -0.4 is 5.73 Å². The molecule has 2 N–H and O–H groups in total. The zero-order valence-corrected chi connectivity index (χ0v) is 10.8. The standard InChI is InChI=1S/C11H12ClFN2OS/c1-15(5-4-10(14)17)11(16)8-3-2-7(13)6-9(8)12/h2-3,6H,4-5H2,1H3,(H2,14,17). The largest absolute Gasteiger partial charge is 0.393 e. The van der Waals surface area contributed by atoms with Crippen LogP contribution in [0.3, 0.4) is 0 Å². The second-order valence-electron chi connectivity index (χ2n) is 3.57. The maximum atomic E-state index is 12.8. The van der Waals surface area contributed by atoms with E-state index in [0.717, 1.165) is 6.07 Å². The quantitative estimate of drug-likeness (QED) is 0.857. The lowest BCUT2D eigenvalue weighted by Crippen LogP contribution is -2.30. The smallest absolute Gasteiger partial charge is 0.255 e. The molecule has 1 aromatic carbocycles. The van der Waals surface area contributed by atoms with E-state index in [4.69, 9.17) is 29.6 Å². The monoisotopic (exact) mass is 274 g/mol. The van der Waals surface area contributed by atoms with Crippen molar-refractivity contribution < 1.29 is 9.18 Å². The fraction of sp³-hybridized carbons (Fsp3) is 0.273. The van der Waals surface area contributed by atoms with E-state index in [0.29, 0.717) is 18.0 Å². The predicted molar refractivity (Wildman–Crippen MR) is 69.8 cm³/mol. The molecule has 0 unspecified atom stereocenters. The molecule has 0 saturated carbocycles. The number of rotatable bonds is 4. The Morgan fingerprint density at radius 3 is 2.76 bits per heavy atom. The van der Waals surface area contributed by atoms with Crippen LogP contribution in [0.1, 0.15) is 16.8 Å². The Morgan fingerprint density at radius 1 is 1.59 bits per heavy atom. The van der Waals surface area contributed by atoms with Crippen molar-refractivity contribution in [1.29, 1.82) is 0 Å². The Balaban J connectivity index is 2.78. The molecule has 0 aromatic heterocycles. The van der Waals surface area contributed by atoms with Crippen LogP contribution in [-0.4, -0.2) is 29.4 Å². The number of halogens is 2. The molecule has 6 heteroatoms. The van der Waals surface area contributed by atoms with Crippen molar-refractivity contribution in [3.63, 3.8) is 0 Å². The summed E-state index contributed by atoms with van der Waals surface area (Å²) in [6, 6.07) is 3.66. The zero-order valence-electron chi connectivity index (χ0n) is 9.24. The van der Waals surface area contributed by atoms with Gasteiger partial charge in [-0.15, -0.1) is 0 Å². The molecule has 1 rings (SSSR count). The van der Waals surface area contributed by atoms with E-state index in [2.05, 4.69) is 0 Å². The highest BCUT2D eigenvalue weighted by molar-refractivity contribution is 7.80. The van der Waals surface area contributed by atoms with Crippen LogP contribution in [0.5, 0.6) is 0 Å². The molecule has 0 bridgehead atoms. The molecule has 0 heterocycles. The normalized spacial score (nSPS) is 10.1. The number of nitrogens with two attached hydrogens (primary N) is 1. The van der Waals surface area contributed by atoms with E-state index in [1.54, 1.807) is 7.05 Å². The molecule has 1 amide bonds. The van der Waals surface area contributed by atoms with Gasteiger partial charge in [0.25, 0.3) is 5.91 Å². The number of thiocarbonyl (C=S) groups is 1. The third-order valence-electron chi connectivity index (χ3n) is 2.20. The number of carbonyl (C=O) groups excluding carboxylic acids is 1. The SMILES string of the molecule is CN(CCC(N)=S)C(=O)c1ccc(F)cc1Cl. The number of amides is 1. The first-order valence-electron chi connectivity index (χ1n) is 4.90. The minimum absolute atomic E-state index is 0.0946. The number of hydrogen-bond donors (Lipinski definition) is 1. The Bertz CT molecular complexity index is 453. The minimum atomic E-state index is -0.475. The third-order valence-corrected chi connectivity index (χ3v) is 2.72. The highest BCUT2D eigenvalue weighted by atomic mass is 35.5. The maximum absolute atomic E-state index is 12.8. The average Bonchev–Trinajstić information content (AvgIpc) is 2.25. The van der Waals surface area contributed by atoms with Gasteiger partial charge in [-0.2, -0.15) is 0 Å². The van der Waals surface area contributed by atoms with Gasteiger partial charge in [-0.3, -0.25) is 4.79 Å². The van der Waals surface area contributed by atoms with Gasteiger partial charge in [0.15, 0.2) is 0 Å². The number of hydrogen-bond acceptors (Lipinski definition) is 2. The van der Waals surface area contributed by atoms with Gasteiger partial charge in [0.05, 0.1) is 15.6 Å². The van der Waals surface area contributed by atoms with Crippen molar-refractivity contribution in [2.24, 2.45) is 5.73 Å². The van der Waals surface area contributed by atoms with Gasteiger partial charge in [0, 0.05) is 20.0 Å². The summed E-state index contributed by atoms with van der Waals surface area (Å²) in [6.07, 6.45) is 0.441. The fourth-order valence-electron chi connectivity index (χ4n) is 1.25. The van der Waals surface area contributed by atoms with E-state index < -0.39 is 5.82 Å². The van der Waals surface area contributed by atoms with Crippen LogP contribution in [-0.2, 0) is 0 Å². The second kappa shape index (κ2) is 5.93. The highest BCUT2D eigenvalue weighted by Crippen LogP contribution is 2.18. The average molecular weight is 275 g/mol. The molecule has 0 saturated heterocycles. The molecule has 92 valence electrons. The van der Waals surface area contributed by atoms with E-state index in [1.807, 2.05) is 0 Å². The van der Waals surface area contributed by atoms with Crippen LogP contribution in [0.2, 0.25) is 5.02 Å². The molecule has 0 spiro atoms. The Hall–Kier alpha value is -1.20. The molecule has 0 aliphatic heterocycles. The fourth-order valence-corrected chi connectivity index (χ4v) is 1.59. The second-order valence-corrected chi connectivity index (χ2v) is 4.50. The lowest BCUT2D eigenvalue weighted by molar-refractivity contribution is 0.0799. The van der Waals surface area contributed by atoms with Crippen molar-refractivity contribution in [2.75, 3.05) is 13.6 Å². The lowest BCUT2D eigenvalue weighted by Gasteiger charge is -2.17. The first kappa shape index (κ1) is 13.9. The van der Waals surface area contributed by atoms with Gasteiger partial charge in [0.1, 0.15) is 5.82 Å². The highest BCUT2D eigenvalue weighted by Gasteiger charge is 2.15. The molecule has 17 heavy (non-hydrogen) atoms. The van der Waals surface area contributed by atoms with Crippen LogP contribution in [0.4, 0.5) is 4.39 Å². The molecule has 1 aromatic rings. The summed E-state index contributed by atoms with van der Waals surface area (Å²) in [5.41, 5.74) is 5.61. The first-order chi connectivity index (χ1) is 7.91. The van der Waals surface area contributed by atoms with Crippen molar-refractivity contribution >= 4 is 34.7 Å². The van der Waals surface area contributed by atoms with Gasteiger partial charge < -0.3 is 10.6 Å². The molecule has 0 radical (unpaired) electrons. The van der Waals surface area contributed by atoms with Crippen LogP contribution in [0.25, 0.3) is 0 Å². The van der Waals surface area contributed by atoms with Gasteiger partial charge in [-0.25, -0.2) is 4.39 Å². The van der Waals surface area contributed by atoms with Gasteiger partial charge >= 0.3 is 0 Å². The first-order valence-corrected chi connectivity index (χ1v) is 5.69. The molecule has 3 nitrogen and oxygen atoms in total. The Kier molecular flexibility index (Phi) is 4.84. The molecular formula is C11H12ClFN2OS.